The molecule has 0 unspecified atom stereocenters. The fourth-order valence-electron chi connectivity index (χ4n) is 2.62. The summed E-state index contributed by atoms with van der Waals surface area (Å²) in [5.41, 5.74) is -12.5. The zero-order valence-corrected chi connectivity index (χ0v) is 13.7. The lowest BCUT2D eigenvalue weighted by molar-refractivity contribution is 0.0616. The normalized spacial score (nSPS) is 10.7. The summed E-state index contributed by atoms with van der Waals surface area (Å²) in [5.74, 6) is -26.3. The van der Waals surface area contributed by atoms with E-state index in [1.165, 1.54) is 0 Å². The molecule has 0 bridgehead atoms. The molecule has 14 heteroatoms. The van der Waals surface area contributed by atoms with Gasteiger partial charge in [0.25, 0.3) is 0 Å². The van der Waals surface area contributed by atoms with E-state index in [2.05, 4.69) is 0 Å². The van der Waals surface area contributed by atoms with Crippen molar-refractivity contribution in [1.29, 1.82) is 0 Å². The maximum absolute atomic E-state index is 14.8. The van der Waals surface area contributed by atoms with Crippen molar-refractivity contribution >= 4 is 23.9 Å². The van der Waals surface area contributed by atoms with Crippen LogP contribution in [0.25, 0.3) is 11.1 Å². The van der Waals surface area contributed by atoms with Crippen molar-refractivity contribution in [1.82, 2.24) is 0 Å². The molecule has 2 aromatic carbocycles. The van der Waals surface area contributed by atoms with Crippen LogP contribution in [0.15, 0.2) is 0 Å². The van der Waals surface area contributed by atoms with Gasteiger partial charge in [-0.3, -0.25) is 0 Å². The van der Waals surface area contributed by atoms with Gasteiger partial charge in [0.1, 0.15) is 11.4 Å². The van der Waals surface area contributed by atoms with Gasteiger partial charge in [0, 0.05) is 5.56 Å². The first-order chi connectivity index (χ1) is 13.7. The van der Waals surface area contributed by atoms with Crippen LogP contribution in [0.2, 0.25) is 0 Å². The number of benzene rings is 2. The molecule has 0 aromatic heterocycles. The van der Waals surface area contributed by atoms with Gasteiger partial charge >= 0.3 is 23.9 Å². The molecule has 0 fully saturated rings. The van der Waals surface area contributed by atoms with Crippen LogP contribution in [-0.2, 0) is 0 Å². The second kappa shape index (κ2) is 7.38. The van der Waals surface area contributed by atoms with E-state index in [1.54, 1.807) is 0 Å². The van der Waals surface area contributed by atoms with E-state index in [1.807, 2.05) is 0 Å². The summed E-state index contributed by atoms with van der Waals surface area (Å²) in [7, 11) is 0. The largest absolute Gasteiger partial charge is 0.478 e. The van der Waals surface area contributed by atoms with Crippen molar-refractivity contribution in [2.75, 3.05) is 0 Å². The zero-order valence-electron chi connectivity index (χ0n) is 13.7. The number of rotatable bonds is 5. The van der Waals surface area contributed by atoms with Gasteiger partial charge in [-0.05, 0) is 0 Å². The SMILES string of the molecule is O=C(O)c1c(F)c(-c2c(F)c(F)c(F)c(F)c2F)c(C(=O)O)c(C(=O)O)c1C(=O)O. The second-order valence-electron chi connectivity index (χ2n) is 5.35. The molecule has 0 heterocycles. The Hall–Kier alpha value is -4.10. The third kappa shape index (κ3) is 3.07. The molecule has 0 aliphatic rings. The van der Waals surface area contributed by atoms with Crippen LogP contribution in [-0.4, -0.2) is 44.3 Å². The smallest absolute Gasteiger partial charge is 0.339 e. The van der Waals surface area contributed by atoms with Crippen molar-refractivity contribution in [3.05, 3.63) is 57.2 Å². The van der Waals surface area contributed by atoms with E-state index < -0.39 is 92.2 Å². The molecule has 0 aliphatic carbocycles. The highest BCUT2D eigenvalue weighted by atomic mass is 19.2. The Kier molecular flexibility index (Phi) is 5.46. The number of hydrogen-bond donors (Lipinski definition) is 4. The Labute approximate surface area is 159 Å². The molecule has 30 heavy (non-hydrogen) atoms. The van der Waals surface area contributed by atoms with E-state index in [0.717, 1.165) is 0 Å². The Bertz CT molecular complexity index is 1140. The quantitative estimate of drug-likeness (QED) is 0.316. The summed E-state index contributed by atoms with van der Waals surface area (Å²) in [5, 5.41) is 36.5. The van der Waals surface area contributed by atoms with Gasteiger partial charge in [-0.15, -0.1) is 0 Å². The van der Waals surface area contributed by atoms with Crippen LogP contribution >= 0.6 is 0 Å². The van der Waals surface area contributed by atoms with Gasteiger partial charge < -0.3 is 20.4 Å². The van der Waals surface area contributed by atoms with Gasteiger partial charge in [-0.2, -0.15) is 0 Å². The van der Waals surface area contributed by atoms with Crippen molar-refractivity contribution in [3.63, 3.8) is 0 Å². The van der Waals surface area contributed by atoms with Gasteiger partial charge in [0.15, 0.2) is 23.3 Å². The highest BCUT2D eigenvalue weighted by Gasteiger charge is 2.40. The molecule has 0 amide bonds. The van der Waals surface area contributed by atoms with Crippen LogP contribution < -0.4 is 0 Å². The van der Waals surface area contributed by atoms with Crippen LogP contribution in [0.1, 0.15) is 41.4 Å². The molecule has 0 aliphatic heterocycles. The molecular formula is C16H4F6O8. The lowest BCUT2D eigenvalue weighted by Gasteiger charge is -2.17. The standard InChI is InChI=1S/C16H4F6O8/c17-7-1(5-8(18)10(20)12(22)11(21)9(5)19)2(13(23)24)3(14(25)26)4(15(27)28)6(7)16(29)30/h(H,23,24)(H,25,26)(H,27,28)(H,29,30). The van der Waals surface area contributed by atoms with Gasteiger partial charge in [0.05, 0.1) is 22.3 Å². The predicted molar refractivity (Wildman–Crippen MR) is 79.5 cm³/mol. The third-order valence-electron chi connectivity index (χ3n) is 3.75. The van der Waals surface area contributed by atoms with Crippen LogP contribution in [0.5, 0.6) is 0 Å². The Morgan fingerprint density at radius 1 is 0.400 bits per heavy atom. The molecular weight excluding hydrogens is 434 g/mol. The lowest BCUT2D eigenvalue weighted by atomic mass is 9.86. The fourth-order valence-corrected chi connectivity index (χ4v) is 2.62. The topological polar surface area (TPSA) is 149 Å². The first-order valence-electron chi connectivity index (χ1n) is 7.09. The highest BCUT2D eigenvalue weighted by Crippen LogP contribution is 2.39. The molecule has 158 valence electrons. The van der Waals surface area contributed by atoms with Crippen molar-refractivity contribution in [3.8, 4) is 11.1 Å². The van der Waals surface area contributed by atoms with E-state index in [0.29, 0.717) is 0 Å². The maximum Gasteiger partial charge on any atom is 0.339 e. The van der Waals surface area contributed by atoms with Crippen molar-refractivity contribution < 1.29 is 65.9 Å². The number of carboxylic acid groups (broad SMARTS) is 4. The molecule has 0 spiro atoms. The summed E-state index contributed by atoms with van der Waals surface area (Å²) >= 11 is 0. The fraction of sp³-hybridized carbons (Fsp3) is 0. The number of halogens is 6. The minimum Gasteiger partial charge on any atom is -0.478 e. The van der Waals surface area contributed by atoms with Crippen LogP contribution in [0.3, 0.4) is 0 Å². The molecule has 0 saturated carbocycles. The predicted octanol–water partition coefficient (Wildman–Crippen LogP) is 2.98. The number of carbonyl (C=O) groups is 4. The Morgan fingerprint density at radius 2 is 0.700 bits per heavy atom. The van der Waals surface area contributed by atoms with Crippen LogP contribution in [0, 0.1) is 34.9 Å². The molecule has 2 rings (SSSR count). The minimum atomic E-state index is -2.77. The average Bonchev–Trinajstić information content (AvgIpc) is 2.64. The van der Waals surface area contributed by atoms with E-state index in [9.17, 15) is 50.6 Å². The summed E-state index contributed by atoms with van der Waals surface area (Å²) in [6.45, 7) is 0. The number of carboxylic acids is 4. The number of aromatic carboxylic acids is 4. The van der Waals surface area contributed by atoms with E-state index >= 15 is 0 Å². The van der Waals surface area contributed by atoms with Crippen molar-refractivity contribution in [2.45, 2.75) is 0 Å². The highest BCUT2D eigenvalue weighted by molar-refractivity contribution is 6.17. The molecule has 4 N–H and O–H groups in total. The molecule has 0 radical (unpaired) electrons. The molecule has 2 aromatic rings. The zero-order chi connectivity index (χ0) is 23.2. The average molecular weight is 438 g/mol. The third-order valence-corrected chi connectivity index (χ3v) is 3.75. The van der Waals surface area contributed by atoms with Gasteiger partial charge in [0.2, 0.25) is 5.82 Å². The molecule has 8 nitrogen and oxygen atoms in total. The van der Waals surface area contributed by atoms with E-state index in [4.69, 9.17) is 15.3 Å². The monoisotopic (exact) mass is 438 g/mol. The molecule has 0 saturated heterocycles. The van der Waals surface area contributed by atoms with E-state index in [-0.39, 0.29) is 0 Å². The maximum atomic E-state index is 14.8. The molecule has 0 atom stereocenters. The summed E-state index contributed by atoms with van der Waals surface area (Å²) in [4.78, 5) is 45.6. The van der Waals surface area contributed by atoms with Crippen LogP contribution in [0.4, 0.5) is 26.3 Å². The first kappa shape index (κ1) is 22.2. The Morgan fingerprint density at radius 3 is 1.03 bits per heavy atom. The minimum absolute atomic E-state index is 1.93. The lowest BCUT2D eigenvalue weighted by Crippen LogP contribution is -2.23. The first-order valence-corrected chi connectivity index (χ1v) is 7.09. The summed E-state index contributed by atoms with van der Waals surface area (Å²) in [6.07, 6.45) is 0. The van der Waals surface area contributed by atoms with Gasteiger partial charge in [-0.1, -0.05) is 0 Å². The Balaban J connectivity index is 3.38. The number of hydrogen-bond acceptors (Lipinski definition) is 4. The van der Waals surface area contributed by atoms with Crippen molar-refractivity contribution in [2.24, 2.45) is 0 Å². The summed E-state index contributed by atoms with van der Waals surface area (Å²) < 4.78 is 83.4. The second-order valence-corrected chi connectivity index (χ2v) is 5.35. The van der Waals surface area contributed by atoms with Gasteiger partial charge in [-0.25, -0.2) is 45.5 Å². The summed E-state index contributed by atoms with van der Waals surface area (Å²) in [6, 6.07) is 0.